The number of hydrogen-bond donors (Lipinski definition) is 1. The molecule has 1 fully saturated rings. The van der Waals surface area contributed by atoms with Gasteiger partial charge in [0.05, 0.1) is 22.7 Å². The summed E-state index contributed by atoms with van der Waals surface area (Å²) < 4.78 is 5.87. The van der Waals surface area contributed by atoms with E-state index in [1.54, 1.807) is 6.33 Å². The van der Waals surface area contributed by atoms with Crippen molar-refractivity contribution in [3.8, 4) is 5.88 Å². The Morgan fingerprint density at radius 2 is 1.93 bits per heavy atom. The van der Waals surface area contributed by atoms with Crippen molar-refractivity contribution < 1.29 is 4.74 Å². The number of anilines is 1. The highest BCUT2D eigenvalue weighted by atomic mass is 16.5. The van der Waals surface area contributed by atoms with Gasteiger partial charge < -0.3 is 9.64 Å². The van der Waals surface area contributed by atoms with E-state index in [2.05, 4.69) is 54.2 Å². The first-order valence-corrected chi connectivity index (χ1v) is 9.48. The molecule has 142 valence electrons. The second kappa shape index (κ2) is 7.52. The summed E-state index contributed by atoms with van der Waals surface area (Å²) in [5, 5.41) is 8.33. The lowest BCUT2D eigenvalue weighted by molar-refractivity contribution is 0.235. The molecular formula is C20H26N6O. The number of aromatic nitrogens is 4. The predicted molar refractivity (Wildman–Crippen MR) is 106 cm³/mol. The fourth-order valence-corrected chi connectivity index (χ4v) is 3.48. The maximum absolute atomic E-state index is 5.87. The van der Waals surface area contributed by atoms with Gasteiger partial charge in [0.15, 0.2) is 0 Å². The van der Waals surface area contributed by atoms with Gasteiger partial charge in [0, 0.05) is 44.1 Å². The number of aromatic amines is 1. The molecule has 1 aromatic carbocycles. The molecule has 7 nitrogen and oxygen atoms in total. The Bertz CT molecular complexity index is 914. The van der Waals surface area contributed by atoms with Crippen molar-refractivity contribution in [3.05, 3.63) is 42.0 Å². The van der Waals surface area contributed by atoms with Gasteiger partial charge in [-0.05, 0) is 45.0 Å². The van der Waals surface area contributed by atoms with Gasteiger partial charge in [0.1, 0.15) is 6.33 Å². The van der Waals surface area contributed by atoms with Gasteiger partial charge in [-0.1, -0.05) is 0 Å². The van der Waals surface area contributed by atoms with Crippen LogP contribution in [0.1, 0.15) is 25.2 Å². The van der Waals surface area contributed by atoms with E-state index in [1.165, 1.54) is 5.69 Å². The van der Waals surface area contributed by atoms with Crippen LogP contribution in [0.4, 0.5) is 5.69 Å². The molecule has 3 aromatic rings. The first kappa shape index (κ1) is 17.7. The highest BCUT2D eigenvalue weighted by Crippen LogP contribution is 2.28. The number of ether oxygens (including phenoxy) is 1. The lowest BCUT2D eigenvalue weighted by Gasteiger charge is -2.35. The Kier molecular flexibility index (Phi) is 4.94. The lowest BCUT2D eigenvalue weighted by Crippen LogP contribution is -2.46. The van der Waals surface area contributed by atoms with E-state index < -0.39 is 0 Å². The topological polar surface area (TPSA) is 70.2 Å². The average molecular weight is 366 g/mol. The molecule has 2 aromatic heterocycles. The molecule has 1 N–H and O–H groups in total. The molecule has 7 heteroatoms. The second-order valence-electron chi connectivity index (χ2n) is 7.35. The molecule has 0 amide bonds. The maximum Gasteiger partial charge on any atom is 0.224 e. The van der Waals surface area contributed by atoms with Crippen LogP contribution in [0.25, 0.3) is 10.9 Å². The number of piperazine rings is 1. The molecule has 0 radical (unpaired) electrons. The third kappa shape index (κ3) is 4.03. The molecule has 1 saturated heterocycles. The number of rotatable bonds is 5. The van der Waals surface area contributed by atoms with Crippen LogP contribution in [0, 0.1) is 6.92 Å². The Hall–Kier alpha value is -2.67. The molecular weight excluding hydrogens is 340 g/mol. The van der Waals surface area contributed by atoms with E-state index in [1.807, 2.05) is 20.8 Å². The number of hydrogen-bond acceptors (Lipinski definition) is 6. The zero-order valence-electron chi connectivity index (χ0n) is 16.1. The zero-order valence-corrected chi connectivity index (χ0v) is 16.1. The van der Waals surface area contributed by atoms with Crippen LogP contribution in [0.3, 0.4) is 0 Å². The standard InChI is InChI=1S/C20H26N6O/c1-14(2)27-20-18-11-17(4-5-19(18)21-13-22-20)26-8-6-25(7-9-26)12-16-10-15(3)23-24-16/h4-5,10-11,13-14H,6-9,12H2,1-3H3,(H,23,24). The molecule has 1 aliphatic heterocycles. The van der Waals surface area contributed by atoms with Gasteiger partial charge in [-0.2, -0.15) is 5.10 Å². The minimum atomic E-state index is 0.0842. The number of nitrogens with one attached hydrogen (secondary N) is 1. The van der Waals surface area contributed by atoms with Crippen LogP contribution in [-0.2, 0) is 6.54 Å². The van der Waals surface area contributed by atoms with Crippen molar-refractivity contribution in [2.45, 2.75) is 33.4 Å². The maximum atomic E-state index is 5.87. The van der Waals surface area contributed by atoms with Gasteiger partial charge in [-0.3, -0.25) is 10.00 Å². The van der Waals surface area contributed by atoms with E-state index >= 15 is 0 Å². The summed E-state index contributed by atoms with van der Waals surface area (Å²) in [6.07, 6.45) is 1.65. The fraction of sp³-hybridized carbons (Fsp3) is 0.450. The summed E-state index contributed by atoms with van der Waals surface area (Å²) in [6, 6.07) is 8.46. The molecule has 0 saturated carbocycles. The molecule has 0 unspecified atom stereocenters. The first-order valence-electron chi connectivity index (χ1n) is 9.48. The molecule has 0 spiro atoms. The molecule has 0 aliphatic carbocycles. The van der Waals surface area contributed by atoms with Crippen LogP contribution < -0.4 is 9.64 Å². The van der Waals surface area contributed by atoms with E-state index in [-0.39, 0.29) is 6.10 Å². The number of aryl methyl sites for hydroxylation is 1. The number of H-pyrrole nitrogens is 1. The fourth-order valence-electron chi connectivity index (χ4n) is 3.48. The van der Waals surface area contributed by atoms with Gasteiger partial charge in [0.25, 0.3) is 0 Å². The Morgan fingerprint density at radius 1 is 1.11 bits per heavy atom. The van der Waals surface area contributed by atoms with Crippen LogP contribution in [0.2, 0.25) is 0 Å². The summed E-state index contributed by atoms with van der Waals surface area (Å²) in [5.74, 6) is 0.657. The predicted octanol–water partition coefficient (Wildman–Crippen LogP) is 2.77. The second-order valence-corrected chi connectivity index (χ2v) is 7.35. The third-order valence-electron chi connectivity index (χ3n) is 4.81. The molecule has 4 rings (SSSR count). The Labute approximate surface area is 159 Å². The van der Waals surface area contributed by atoms with Crippen molar-refractivity contribution in [1.82, 2.24) is 25.1 Å². The Morgan fingerprint density at radius 3 is 2.63 bits per heavy atom. The van der Waals surface area contributed by atoms with Gasteiger partial charge >= 0.3 is 0 Å². The van der Waals surface area contributed by atoms with Crippen molar-refractivity contribution in [2.24, 2.45) is 0 Å². The summed E-state index contributed by atoms with van der Waals surface area (Å²) in [5.41, 5.74) is 4.33. The monoisotopic (exact) mass is 366 g/mol. The summed E-state index contributed by atoms with van der Waals surface area (Å²) >= 11 is 0. The van der Waals surface area contributed by atoms with Crippen molar-refractivity contribution in [1.29, 1.82) is 0 Å². The SMILES string of the molecule is Cc1cc(CN2CCN(c3ccc4ncnc(OC(C)C)c4c3)CC2)n[nH]1. The minimum absolute atomic E-state index is 0.0842. The van der Waals surface area contributed by atoms with E-state index in [4.69, 9.17) is 4.74 Å². The van der Waals surface area contributed by atoms with Crippen molar-refractivity contribution >= 4 is 16.6 Å². The zero-order chi connectivity index (χ0) is 18.8. The molecule has 1 aliphatic rings. The first-order chi connectivity index (χ1) is 13.1. The van der Waals surface area contributed by atoms with Gasteiger partial charge in [0.2, 0.25) is 5.88 Å². The molecule has 27 heavy (non-hydrogen) atoms. The van der Waals surface area contributed by atoms with E-state index in [9.17, 15) is 0 Å². The summed E-state index contributed by atoms with van der Waals surface area (Å²) in [4.78, 5) is 13.6. The van der Waals surface area contributed by atoms with E-state index in [0.29, 0.717) is 5.88 Å². The van der Waals surface area contributed by atoms with Gasteiger partial charge in [-0.25, -0.2) is 9.97 Å². The lowest BCUT2D eigenvalue weighted by atomic mass is 10.2. The summed E-state index contributed by atoms with van der Waals surface area (Å²) in [7, 11) is 0. The largest absolute Gasteiger partial charge is 0.474 e. The van der Waals surface area contributed by atoms with Crippen LogP contribution in [0.5, 0.6) is 5.88 Å². The van der Waals surface area contributed by atoms with Gasteiger partial charge in [-0.15, -0.1) is 0 Å². The highest BCUT2D eigenvalue weighted by molar-refractivity contribution is 5.86. The van der Waals surface area contributed by atoms with Crippen LogP contribution in [-0.4, -0.2) is 57.3 Å². The quantitative estimate of drug-likeness (QED) is 0.749. The minimum Gasteiger partial charge on any atom is -0.474 e. The highest BCUT2D eigenvalue weighted by Gasteiger charge is 2.19. The molecule has 3 heterocycles. The van der Waals surface area contributed by atoms with Crippen molar-refractivity contribution in [2.75, 3.05) is 31.1 Å². The number of benzene rings is 1. The Balaban J connectivity index is 1.47. The molecule has 0 atom stereocenters. The van der Waals surface area contributed by atoms with Crippen LogP contribution in [0.15, 0.2) is 30.6 Å². The smallest absolute Gasteiger partial charge is 0.224 e. The molecule has 0 bridgehead atoms. The third-order valence-corrected chi connectivity index (χ3v) is 4.81. The van der Waals surface area contributed by atoms with E-state index in [0.717, 1.165) is 55.0 Å². The van der Waals surface area contributed by atoms with Crippen molar-refractivity contribution in [3.63, 3.8) is 0 Å². The number of fused-ring (bicyclic) bond motifs is 1. The summed E-state index contributed by atoms with van der Waals surface area (Å²) in [6.45, 7) is 11.0. The number of nitrogens with zero attached hydrogens (tertiary/aromatic N) is 5. The van der Waals surface area contributed by atoms with Crippen LogP contribution >= 0.6 is 0 Å². The normalized spacial score (nSPS) is 15.6. The average Bonchev–Trinajstić information content (AvgIpc) is 3.07.